The number of hydrogen-bond donors (Lipinski definition) is 1. The van der Waals surface area contributed by atoms with Crippen molar-refractivity contribution in [2.45, 2.75) is 25.6 Å². The lowest BCUT2D eigenvalue weighted by Crippen LogP contribution is -2.51. The van der Waals surface area contributed by atoms with E-state index < -0.39 is 6.04 Å². The van der Waals surface area contributed by atoms with Gasteiger partial charge in [0.05, 0.1) is 0 Å². The average Bonchev–Trinajstić information content (AvgIpc) is 2.95. The molecule has 1 atom stereocenters. The van der Waals surface area contributed by atoms with Gasteiger partial charge in [-0.2, -0.15) is 0 Å². The summed E-state index contributed by atoms with van der Waals surface area (Å²) < 4.78 is 5.77. The lowest BCUT2D eigenvalue weighted by atomic mass is 10.0. The predicted molar refractivity (Wildman–Crippen MR) is 151 cm³/mol. The first-order valence-corrected chi connectivity index (χ1v) is 13.0. The average molecular weight is 547 g/mol. The van der Waals surface area contributed by atoms with E-state index >= 15 is 0 Å². The molecule has 1 N–H and O–H groups in total. The Morgan fingerprint density at radius 2 is 1.26 bits per heavy atom. The monoisotopic (exact) mass is 546 g/mol. The number of rotatable bonds is 11. The topological polar surface area (TPSA) is 58.6 Å². The molecule has 0 fully saturated rings. The largest absolute Gasteiger partial charge is 0.484 e. The van der Waals surface area contributed by atoms with Crippen LogP contribution >= 0.6 is 23.2 Å². The minimum absolute atomic E-state index is 0.201. The Morgan fingerprint density at radius 3 is 1.87 bits per heavy atom. The zero-order valence-electron chi connectivity index (χ0n) is 20.7. The molecule has 4 aromatic rings. The van der Waals surface area contributed by atoms with E-state index in [9.17, 15) is 9.59 Å². The van der Waals surface area contributed by atoms with E-state index in [0.29, 0.717) is 28.8 Å². The molecule has 0 unspecified atom stereocenters. The first-order valence-electron chi connectivity index (χ1n) is 12.3. The number of hydrogen-bond acceptors (Lipinski definition) is 3. The molecule has 0 saturated carbocycles. The fraction of sp³-hybridized carbons (Fsp3) is 0.161. The molecular formula is C31H28Cl2N2O3. The smallest absolute Gasteiger partial charge is 0.261 e. The number of ether oxygens (including phenoxy) is 1. The number of para-hydroxylation sites is 1. The summed E-state index contributed by atoms with van der Waals surface area (Å²) in [4.78, 5) is 28.9. The highest BCUT2D eigenvalue weighted by Gasteiger charge is 2.30. The van der Waals surface area contributed by atoms with Crippen LogP contribution < -0.4 is 10.1 Å². The third kappa shape index (κ3) is 8.10. The molecule has 4 rings (SSSR count). The number of amides is 2. The van der Waals surface area contributed by atoms with Crippen molar-refractivity contribution in [3.8, 4) is 5.75 Å². The van der Waals surface area contributed by atoms with Crippen molar-refractivity contribution in [3.05, 3.63) is 136 Å². The van der Waals surface area contributed by atoms with E-state index in [4.69, 9.17) is 27.9 Å². The van der Waals surface area contributed by atoms with Crippen molar-refractivity contribution in [1.82, 2.24) is 10.2 Å². The third-order valence-corrected chi connectivity index (χ3v) is 6.53. The predicted octanol–water partition coefficient (Wildman–Crippen LogP) is 6.33. The van der Waals surface area contributed by atoms with Crippen LogP contribution in [0.25, 0.3) is 0 Å². The van der Waals surface area contributed by atoms with Crippen molar-refractivity contribution in [1.29, 1.82) is 0 Å². The van der Waals surface area contributed by atoms with Gasteiger partial charge in [0.15, 0.2) is 6.61 Å². The van der Waals surface area contributed by atoms with Gasteiger partial charge < -0.3 is 15.0 Å². The van der Waals surface area contributed by atoms with Gasteiger partial charge in [0.2, 0.25) is 5.91 Å². The van der Waals surface area contributed by atoms with Crippen molar-refractivity contribution < 1.29 is 14.3 Å². The fourth-order valence-electron chi connectivity index (χ4n) is 3.99. The normalized spacial score (nSPS) is 11.4. The van der Waals surface area contributed by atoms with Crippen LogP contribution in [0.4, 0.5) is 0 Å². The van der Waals surface area contributed by atoms with Crippen LogP contribution in [0.1, 0.15) is 16.7 Å². The van der Waals surface area contributed by atoms with Gasteiger partial charge >= 0.3 is 0 Å². The molecule has 0 spiro atoms. The fourth-order valence-corrected chi connectivity index (χ4v) is 4.25. The SMILES string of the molecule is O=C(NCc1ccc(Cl)cc1)[C@H](Cc1ccccc1)N(Cc1ccc(Cl)cc1)C(=O)COc1ccccc1. The first kappa shape index (κ1) is 27.2. The minimum Gasteiger partial charge on any atom is -0.484 e. The van der Waals surface area contributed by atoms with E-state index in [-0.39, 0.29) is 25.0 Å². The number of nitrogens with one attached hydrogen (secondary N) is 1. The summed E-state index contributed by atoms with van der Waals surface area (Å²) in [5.41, 5.74) is 2.70. The van der Waals surface area contributed by atoms with Gasteiger partial charge in [-0.05, 0) is 53.1 Å². The third-order valence-electron chi connectivity index (χ3n) is 6.02. The molecule has 0 aliphatic carbocycles. The highest BCUT2D eigenvalue weighted by atomic mass is 35.5. The molecule has 0 saturated heterocycles. The number of carbonyl (C=O) groups is 2. The number of halogens is 2. The molecule has 0 aliphatic rings. The Labute approximate surface area is 233 Å². The van der Waals surface area contributed by atoms with Crippen LogP contribution in [-0.4, -0.2) is 29.4 Å². The summed E-state index contributed by atoms with van der Waals surface area (Å²) in [6.07, 6.45) is 0.345. The van der Waals surface area contributed by atoms with Gasteiger partial charge in [0, 0.05) is 29.6 Å². The molecule has 4 aromatic carbocycles. The summed E-state index contributed by atoms with van der Waals surface area (Å²) in [7, 11) is 0. The summed E-state index contributed by atoms with van der Waals surface area (Å²) >= 11 is 12.1. The second kappa shape index (κ2) is 13.7. The summed E-state index contributed by atoms with van der Waals surface area (Å²) in [5, 5.41) is 4.23. The maximum atomic E-state index is 13.7. The number of carbonyl (C=O) groups excluding carboxylic acids is 2. The van der Waals surface area contributed by atoms with Gasteiger partial charge in [-0.15, -0.1) is 0 Å². The maximum absolute atomic E-state index is 13.7. The molecule has 7 heteroatoms. The molecule has 194 valence electrons. The Morgan fingerprint density at radius 1 is 0.711 bits per heavy atom. The Bertz CT molecular complexity index is 1320. The van der Waals surface area contributed by atoms with E-state index in [2.05, 4.69) is 5.32 Å². The Hall–Kier alpha value is -3.80. The van der Waals surface area contributed by atoms with Crippen molar-refractivity contribution in [3.63, 3.8) is 0 Å². The number of benzene rings is 4. The Balaban J connectivity index is 1.60. The standard InChI is InChI=1S/C31H28Cl2N2O3/c32-26-15-11-24(12-16-26)20-34-31(37)29(19-23-7-3-1-4-8-23)35(21-25-13-17-27(33)18-14-25)30(36)22-38-28-9-5-2-6-10-28/h1-18,29H,19-22H2,(H,34,37)/t29-/m0/s1. The Kier molecular flexibility index (Phi) is 9.79. The van der Waals surface area contributed by atoms with Gasteiger partial charge in [-0.3, -0.25) is 9.59 Å². The van der Waals surface area contributed by atoms with Crippen LogP contribution in [0.5, 0.6) is 5.75 Å². The maximum Gasteiger partial charge on any atom is 0.261 e. The lowest BCUT2D eigenvalue weighted by molar-refractivity contribution is -0.142. The van der Waals surface area contributed by atoms with E-state index in [1.54, 1.807) is 41.3 Å². The second-order valence-corrected chi connectivity index (χ2v) is 9.67. The van der Waals surface area contributed by atoms with E-state index in [1.165, 1.54) is 0 Å². The summed E-state index contributed by atoms with van der Waals surface area (Å²) in [6, 6.07) is 32.5. The zero-order chi connectivity index (χ0) is 26.7. The zero-order valence-corrected chi connectivity index (χ0v) is 22.2. The summed E-state index contributed by atoms with van der Waals surface area (Å²) in [5.74, 6) is 0.0243. The second-order valence-electron chi connectivity index (χ2n) is 8.80. The lowest BCUT2D eigenvalue weighted by Gasteiger charge is -2.31. The first-order chi connectivity index (χ1) is 18.5. The summed E-state index contributed by atoms with van der Waals surface area (Å²) in [6.45, 7) is 0.332. The van der Waals surface area contributed by atoms with Gasteiger partial charge in [0.25, 0.3) is 5.91 Å². The van der Waals surface area contributed by atoms with Crippen LogP contribution in [0.2, 0.25) is 10.0 Å². The molecule has 5 nitrogen and oxygen atoms in total. The molecule has 0 aromatic heterocycles. The van der Waals surface area contributed by atoms with Gasteiger partial charge in [0.1, 0.15) is 11.8 Å². The van der Waals surface area contributed by atoms with Crippen LogP contribution in [0.3, 0.4) is 0 Å². The molecule has 38 heavy (non-hydrogen) atoms. The van der Waals surface area contributed by atoms with Gasteiger partial charge in [-0.25, -0.2) is 0 Å². The van der Waals surface area contributed by atoms with Crippen LogP contribution in [-0.2, 0) is 29.1 Å². The minimum atomic E-state index is -0.771. The number of nitrogens with zero attached hydrogens (tertiary/aromatic N) is 1. The van der Waals surface area contributed by atoms with E-state index in [1.807, 2.05) is 72.8 Å². The molecule has 0 radical (unpaired) electrons. The molecule has 2 amide bonds. The highest BCUT2D eigenvalue weighted by molar-refractivity contribution is 6.30. The van der Waals surface area contributed by atoms with Crippen molar-refractivity contribution >= 4 is 35.0 Å². The van der Waals surface area contributed by atoms with Crippen LogP contribution in [0.15, 0.2) is 109 Å². The highest BCUT2D eigenvalue weighted by Crippen LogP contribution is 2.18. The molecule has 0 bridgehead atoms. The molecular weight excluding hydrogens is 519 g/mol. The van der Waals surface area contributed by atoms with Crippen molar-refractivity contribution in [2.24, 2.45) is 0 Å². The van der Waals surface area contributed by atoms with E-state index in [0.717, 1.165) is 16.7 Å². The van der Waals surface area contributed by atoms with Crippen molar-refractivity contribution in [2.75, 3.05) is 6.61 Å². The van der Waals surface area contributed by atoms with Gasteiger partial charge in [-0.1, -0.05) is 96.0 Å². The van der Waals surface area contributed by atoms with Crippen LogP contribution in [0, 0.1) is 0 Å². The molecule has 0 heterocycles. The molecule has 0 aliphatic heterocycles. The quantitative estimate of drug-likeness (QED) is 0.239.